The Hall–Kier alpha value is -1.34. The number of nitrogens with zero attached hydrogens (tertiary/aromatic N) is 2. The summed E-state index contributed by atoms with van der Waals surface area (Å²) in [5.41, 5.74) is 2.26. The highest BCUT2D eigenvalue weighted by atomic mass is 16.2. The van der Waals surface area contributed by atoms with E-state index in [1.165, 1.54) is 5.56 Å². The molecule has 0 saturated heterocycles. The summed E-state index contributed by atoms with van der Waals surface area (Å²) in [6.07, 6.45) is 1.15. The van der Waals surface area contributed by atoms with Crippen LogP contribution >= 0.6 is 0 Å². The summed E-state index contributed by atoms with van der Waals surface area (Å²) in [6, 6.07) is 8.19. The summed E-state index contributed by atoms with van der Waals surface area (Å²) in [4.78, 5) is 4.67. The molecule has 0 unspecified atom stereocenters. The van der Waals surface area contributed by atoms with Crippen LogP contribution in [0.1, 0.15) is 24.5 Å². The number of hydrogen-bond donors (Lipinski definition) is 1. The fourth-order valence-electron chi connectivity index (χ4n) is 2.08. The minimum Gasteiger partial charge on any atom is -0.384 e. The Kier molecular flexibility index (Phi) is 7.98. The summed E-state index contributed by atoms with van der Waals surface area (Å²) in [5.74, 6) is 5.78. The molecular weight excluding hydrogens is 248 g/mol. The molecule has 0 heterocycles. The number of hydrogen-bond acceptors (Lipinski definition) is 3. The van der Waals surface area contributed by atoms with E-state index >= 15 is 0 Å². The fourth-order valence-corrected chi connectivity index (χ4v) is 2.08. The third kappa shape index (κ3) is 6.21. The van der Waals surface area contributed by atoms with E-state index in [1.54, 1.807) is 0 Å². The molecule has 3 heteroatoms. The summed E-state index contributed by atoms with van der Waals surface area (Å²) in [5, 5.41) is 8.84. The molecule has 110 valence electrons. The molecule has 1 rings (SSSR count). The molecule has 1 aromatic carbocycles. The Morgan fingerprint density at radius 1 is 1.10 bits per heavy atom. The summed E-state index contributed by atoms with van der Waals surface area (Å²) < 4.78 is 0. The zero-order valence-electron chi connectivity index (χ0n) is 12.9. The van der Waals surface area contributed by atoms with Gasteiger partial charge in [0.15, 0.2) is 0 Å². The van der Waals surface area contributed by atoms with Gasteiger partial charge in [0.05, 0.1) is 0 Å². The van der Waals surface area contributed by atoms with E-state index in [1.807, 2.05) is 12.1 Å². The minimum absolute atomic E-state index is 0.0896. The van der Waals surface area contributed by atoms with Gasteiger partial charge in [-0.2, -0.15) is 0 Å². The molecule has 0 radical (unpaired) electrons. The standard InChI is InChI=1S/C17H26N2O/c1-4-11-19(13-12-18(2)3)15-17-9-6-5-8-16(17)10-7-14-20/h5-6,8-9,20H,4,11-15H2,1-3H3. The second kappa shape index (κ2) is 9.55. The molecule has 0 amide bonds. The summed E-state index contributed by atoms with van der Waals surface area (Å²) >= 11 is 0. The lowest BCUT2D eigenvalue weighted by atomic mass is 10.1. The third-order valence-electron chi connectivity index (χ3n) is 3.12. The lowest BCUT2D eigenvalue weighted by Gasteiger charge is -2.24. The summed E-state index contributed by atoms with van der Waals surface area (Å²) in [6.45, 7) is 6.24. The van der Waals surface area contributed by atoms with Crippen LogP contribution in [0.3, 0.4) is 0 Å². The molecule has 0 aliphatic heterocycles. The van der Waals surface area contributed by atoms with Crippen LogP contribution < -0.4 is 0 Å². The first-order valence-electron chi connectivity index (χ1n) is 7.22. The quantitative estimate of drug-likeness (QED) is 0.768. The van der Waals surface area contributed by atoms with E-state index < -0.39 is 0 Å². The van der Waals surface area contributed by atoms with Crippen molar-refractivity contribution in [1.29, 1.82) is 0 Å². The molecular formula is C17H26N2O. The highest BCUT2D eigenvalue weighted by Crippen LogP contribution is 2.11. The molecule has 0 spiro atoms. The second-order valence-electron chi connectivity index (χ2n) is 5.20. The van der Waals surface area contributed by atoms with Gasteiger partial charge in [-0.15, -0.1) is 0 Å². The van der Waals surface area contributed by atoms with Crippen LogP contribution in [0.15, 0.2) is 24.3 Å². The van der Waals surface area contributed by atoms with Crippen LogP contribution in [0.5, 0.6) is 0 Å². The highest BCUT2D eigenvalue weighted by molar-refractivity contribution is 5.41. The van der Waals surface area contributed by atoms with E-state index in [2.05, 4.69) is 54.8 Å². The maximum atomic E-state index is 8.84. The average Bonchev–Trinajstić information content (AvgIpc) is 2.44. The van der Waals surface area contributed by atoms with Crippen LogP contribution in [0.25, 0.3) is 0 Å². The monoisotopic (exact) mass is 274 g/mol. The molecule has 0 aliphatic rings. The van der Waals surface area contributed by atoms with E-state index in [-0.39, 0.29) is 6.61 Å². The topological polar surface area (TPSA) is 26.7 Å². The third-order valence-corrected chi connectivity index (χ3v) is 3.12. The van der Waals surface area contributed by atoms with Gasteiger partial charge < -0.3 is 10.0 Å². The normalized spacial score (nSPS) is 10.7. The van der Waals surface area contributed by atoms with E-state index in [9.17, 15) is 0 Å². The Morgan fingerprint density at radius 3 is 2.50 bits per heavy atom. The lowest BCUT2D eigenvalue weighted by molar-refractivity contribution is 0.234. The summed E-state index contributed by atoms with van der Waals surface area (Å²) in [7, 11) is 4.20. The molecule has 0 bridgehead atoms. The van der Waals surface area contributed by atoms with Gasteiger partial charge in [-0.3, -0.25) is 4.90 Å². The molecule has 0 fully saturated rings. The second-order valence-corrected chi connectivity index (χ2v) is 5.20. The number of aliphatic hydroxyl groups excluding tert-OH is 1. The Bertz CT molecular complexity index is 446. The van der Waals surface area contributed by atoms with Crippen molar-refractivity contribution in [2.24, 2.45) is 0 Å². The predicted octanol–water partition coefficient (Wildman–Crippen LogP) is 1.80. The predicted molar refractivity (Wildman–Crippen MR) is 84.5 cm³/mol. The van der Waals surface area contributed by atoms with Crippen molar-refractivity contribution in [2.45, 2.75) is 19.9 Å². The van der Waals surface area contributed by atoms with Crippen LogP contribution in [0.2, 0.25) is 0 Å². The smallest absolute Gasteiger partial charge is 0.104 e. The van der Waals surface area contributed by atoms with Crippen molar-refractivity contribution >= 4 is 0 Å². The Labute approximate surface area is 123 Å². The lowest BCUT2D eigenvalue weighted by Crippen LogP contribution is -2.32. The zero-order valence-corrected chi connectivity index (χ0v) is 12.9. The van der Waals surface area contributed by atoms with Gasteiger partial charge in [-0.25, -0.2) is 0 Å². The zero-order chi connectivity index (χ0) is 14.8. The van der Waals surface area contributed by atoms with Gasteiger partial charge in [0, 0.05) is 25.2 Å². The first kappa shape index (κ1) is 16.7. The molecule has 0 atom stereocenters. The molecule has 3 nitrogen and oxygen atoms in total. The van der Waals surface area contributed by atoms with Gasteiger partial charge in [-0.1, -0.05) is 37.0 Å². The van der Waals surface area contributed by atoms with Gasteiger partial charge >= 0.3 is 0 Å². The van der Waals surface area contributed by atoms with Crippen LogP contribution in [-0.4, -0.2) is 55.2 Å². The molecule has 0 aliphatic carbocycles. The molecule has 1 aromatic rings. The highest BCUT2D eigenvalue weighted by Gasteiger charge is 2.08. The number of aliphatic hydroxyl groups is 1. The van der Waals surface area contributed by atoms with Gasteiger partial charge in [0.1, 0.15) is 6.61 Å². The van der Waals surface area contributed by atoms with Crippen molar-refractivity contribution in [2.75, 3.05) is 40.3 Å². The van der Waals surface area contributed by atoms with Crippen molar-refractivity contribution in [3.8, 4) is 11.8 Å². The molecule has 1 N–H and O–H groups in total. The van der Waals surface area contributed by atoms with Gasteiger partial charge in [-0.05, 0) is 38.7 Å². The molecule has 0 saturated carbocycles. The van der Waals surface area contributed by atoms with Crippen LogP contribution in [-0.2, 0) is 6.54 Å². The van der Waals surface area contributed by atoms with Crippen molar-refractivity contribution < 1.29 is 5.11 Å². The maximum absolute atomic E-state index is 8.84. The SMILES string of the molecule is CCCN(CCN(C)C)Cc1ccccc1C#CCO. The van der Waals surface area contributed by atoms with Crippen molar-refractivity contribution in [3.05, 3.63) is 35.4 Å². The van der Waals surface area contributed by atoms with Crippen molar-refractivity contribution in [1.82, 2.24) is 9.80 Å². The van der Waals surface area contributed by atoms with Gasteiger partial charge in [0.2, 0.25) is 0 Å². The Balaban J connectivity index is 2.76. The van der Waals surface area contributed by atoms with Crippen molar-refractivity contribution in [3.63, 3.8) is 0 Å². The van der Waals surface area contributed by atoms with Gasteiger partial charge in [0.25, 0.3) is 0 Å². The average molecular weight is 274 g/mol. The molecule has 20 heavy (non-hydrogen) atoms. The van der Waals surface area contributed by atoms with Crippen LogP contribution in [0, 0.1) is 11.8 Å². The number of benzene rings is 1. The minimum atomic E-state index is -0.0896. The maximum Gasteiger partial charge on any atom is 0.104 e. The Morgan fingerprint density at radius 2 is 1.85 bits per heavy atom. The van der Waals surface area contributed by atoms with Crippen LogP contribution in [0.4, 0.5) is 0 Å². The van der Waals surface area contributed by atoms with E-state index in [0.717, 1.165) is 38.2 Å². The first-order chi connectivity index (χ1) is 9.67. The van der Waals surface area contributed by atoms with E-state index in [0.29, 0.717) is 0 Å². The van der Waals surface area contributed by atoms with E-state index in [4.69, 9.17) is 5.11 Å². The fraction of sp³-hybridized carbons (Fsp3) is 0.529. The molecule has 0 aromatic heterocycles. The number of likely N-dealkylation sites (N-methyl/N-ethyl adjacent to an activating group) is 1. The number of rotatable bonds is 7. The largest absolute Gasteiger partial charge is 0.384 e. The first-order valence-corrected chi connectivity index (χ1v) is 7.22.